The summed E-state index contributed by atoms with van der Waals surface area (Å²) in [6, 6.07) is 9.58. The Kier molecular flexibility index (Phi) is 6.64. The van der Waals surface area contributed by atoms with Crippen molar-refractivity contribution in [2.45, 2.75) is 26.7 Å². The fraction of sp³-hybridized carbons (Fsp3) is 0.467. The van der Waals surface area contributed by atoms with E-state index in [9.17, 15) is 9.59 Å². The summed E-state index contributed by atoms with van der Waals surface area (Å²) in [6.45, 7) is 4.13. The fourth-order valence-corrected chi connectivity index (χ4v) is 1.82. The van der Waals surface area contributed by atoms with Crippen LogP contribution in [0.25, 0.3) is 0 Å². The summed E-state index contributed by atoms with van der Waals surface area (Å²) >= 11 is 0. The lowest BCUT2D eigenvalue weighted by Gasteiger charge is -2.14. The van der Waals surface area contributed by atoms with Crippen LogP contribution in [0, 0.1) is 5.92 Å². The Morgan fingerprint density at radius 2 is 1.68 bits per heavy atom. The first kappa shape index (κ1) is 15.2. The molecule has 1 atom stereocenters. The third-order valence-electron chi connectivity index (χ3n) is 2.66. The first-order valence-corrected chi connectivity index (χ1v) is 6.53. The summed E-state index contributed by atoms with van der Waals surface area (Å²) < 4.78 is 9.90. The monoisotopic (exact) mass is 264 g/mol. The third-order valence-corrected chi connectivity index (χ3v) is 2.66. The van der Waals surface area contributed by atoms with Gasteiger partial charge in [0, 0.05) is 0 Å². The minimum Gasteiger partial charge on any atom is -0.466 e. The van der Waals surface area contributed by atoms with E-state index in [1.165, 1.54) is 0 Å². The highest BCUT2D eigenvalue weighted by atomic mass is 16.5. The average molecular weight is 264 g/mol. The van der Waals surface area contributed by atoms with E-state index in [1.54, 1.807) is 13.8 Å². The van der Waals surface area contributed by atoms with Gasteiger partial charge in [-0.2, -0.15) is 0 Å². The maximum Gasteiger partial charge on any atom is 0.309 e. The average Bonchev–Trinajstić information content (AvgIpc) is 2.40. The van der Waals surface area contributed by atoms with Crippen molar-refractivity contribution in [3.05, 3.63) is 35.9 Å². The molecular weight excluding hydrogens is 244 g/mol. The Morgan fingerprint density at radius 3 is 2.26 bits per heavy atom. The summed E-state index contributed by atoms with van der Waals surface area (Å²) in [5.41, 5.74) is 1.00. The van der Waals surface area contributed by atoms with Gasteiger partial charge < -0.3 is 9.47 Å². The summed E-state index contributed by atoms with van der Waals surface area (Å²) in [4.78, 5) is 23.4. The van der Waals surface area contributed by atoms with Crippen molar-refractivity contribution >= 4 is 11.9 Å². The standard InChI is InChI=1S/C15H20O4/c1-3-18-14(16)11-13(15(17)19-4-2)10-12-8-6-5-7-9-12/h5-9,13H,3-4,10-11H2,1-2H3/t13-/m1/s1. The molecule has 0 aliphatic heterocycles. The molecule has 0 heterocycles. The summed E-state index contributed by atoms with van der Waals surface area (Å²) in [7, 11) is 0. The van der Waals surface area contributed by atoms with Gasteiger partial charge in [-0.1, -0.05) is 30.3 Å². The lowest BCUT2D eigenvalue weighted by atomic mass is 9.96. The van der Waals surface area contributed by atoms with Gasteiger partial charge in [-0.3, -0.25) is 9.59 Å². The molecule has 0 unspecified atom stereocenters. The van der Waals surface area contributed by atoms with E-state index in [0.29, 0.717) is 19.6 Å². The predicted octanol–water partition coefficient (Wildman–Crippen LogP) is 2.36. The van der Waals surface area contributed by atoms with Gasteiger partial charge in [0.2, 0.25) is 0 Å². The Hall–Kier alpha value is -1.84. The van der Waals surface area contributed by atoms with Crippen LogP contribution in [-0.4, -0.2) is 25.2 Å². The predicted molar refractivity (Wildman–Crippen MR) is 71.5 cm³/mol. The van der Waals surface area contributed by atoms with Crippen molar-refractivity contribution < 1.29 is 19.1 Å². The number of benzene rings is 1. The normalized spacial score (nSPS) is 11.7. The third kappa shape index (κ3) is 5.55. The Morgan fingerprint density at radius 1 is 1.05 bits per heavy atom. The molecular formula is C15H20O4. The Labute approximate surface area is 113 Å². The van der Waals surface area contributed by atoms with E-state index in [1.807, 2.05) is 30.3 Å². The Bertz CT molecular complexity index is 400. The van der Waals surface area contributed by atoms with E-state index in [2.05, 4.69) is 0 Å². The van der Waals surface area contributed by atoms with Crippen LogP contribution < -0.4 is 0 Å². The van der Waals surface area contributed by atoms with Gasteiger partial charge in [0.15, 0.2) is 0 Å². The number of ether oxygens (including phenoxy) is 2. The molecule has 4 heteroatoms. The largest absolute Gasteiger partial charge is 0.466 e. The van der Waals surface area contributed by atoms with Gasteiger partial charge in [0.1, 0.15) is 0 Å². The SMILES string of the molecule is CCOC(=O)C[C@@H](Cc1ccccc1)C(=O)OCC. The maximum absolute atomic E-state index is 11.9. The molecule has 4 nitrogen and oxygen atoms in total. The molecule has 0 saturated heterocycles. The molecule has 0 saturated carbocycles. The molecule has 1 aromatic rings. The summed E-state index contributed by atoms with van der Waals surface area (Å²) in [5, 5.41) is 0. The molecule has 0 amide bonds. The second-order valence-electron chi connectivity index (χ2n) is 4.15. The molecule has 0 N–H and O–H groups in total. The highest BCUT2D eigenvalue weighted by Crippen LogP contribution is 2.15. The van der Waals surface area contributed by atoms with Crippen LogP contribution >= 0.6 is 0 Å². The van der Waals surface area contributed by atoms with Crippen molar-refractivity contribution in [3.8, 4) is 0 Å². The molecule has 0 bridgehead atoms. The van der Waals surface area contributed by atoms with Crippen LogP contribution in [0.4, 0.5) is 0 Å². The number of hydrogen-bond acceptors (Lipinski definition) is 4. The van der Waals surface area contributed by atoms with Gasteiger partial charge in [-0.05, 0) is 25.8 Å². The first-order chi connectivity index (χ1) is 9.17. The van der Waals surface area contributed by atoms with Crippen LogP contribution in [0.1, 0.15) is 25.8 Å². The van der Waals surface area contributed by atoms with E-state index >= 15 is 0 Å². The van der Waals surface area contributed by atoms with Gasteiger partial charge in [-0.25, -0.2) is 0 Å². The lowest BCUT2D eigenvalue weighted by Crippen LogP contribution is -2.24. The lowest BCUT2D eigenvalue weighted by molar-refractivity contribution is -0.154. The van der Waals surface area contributed by atoms with Crippen molar-refractivity contribution in [1.82, 2.24) is 0 Å². The molecule has 0 aliphatic carbocycles. The van der Waals surface area contributed by atoms with E-state index in [-0.39, 0.29) is 18.4 Å². The summed E-state index contributed by atoms with van der Waals surface area (Å²) in [6.07, 6.45) is 0.542. The minimum atomic E-state index is -0.485. The molecule has 1 rings (SSSR count). The van der Waals surface area contributed by atoms with Crippen LogP contribution in [0.5, 0.6) is 0 Å². The molecule has 0 radical (unpaired) electrons. The van der Waals surface area contributed by atoms with Gasteiger partial charge in [0.25, 0.3) is 0 Å². The highest BCUT2D eigenvalue weighted by Gasteiger charge is 2.24. The van der Waals surface area contributed by atoms with Crippen LogP contribution in [-0.2, 0) is 25.5 Å². The molecule has 1 aromatic carbocycles. The maximum atomic E-state index is 11.9. The first-order valence-electron chi connectivity index (χ1n) is 6.53. The molecule has 104 valence electrons. The second kappa shape index (κ2) is 8.29. The number of hydrogen-bond donors (Lipinski definition) is 0. The minimum absolute atomic E-state index is 0.0571. The molecule has 19 heavy (non-hydrogen) atoms. The van der Waals surface area contributed by atoms with E-state index in [4.69, 9.17) is 9.47 Å². The van der Waals surface area contributed by atoms with Gasteiger partial charge >= 0.3 is 11.9 Å². The Balaban J connectivity index is 2.69. The molecule has 0 aromatic heterocycles. The fourth-order valence-electron chi connectivity index (χ4n) is 1.82. The number of esters is 2. The van der Waals surface area contributed by atoms with Crippen LogP contribution in [0.15, 0.2) is 30.3 Å². The zero-order valence-electron chi connectivity index (χ0n) is 11.4. The summed E-state index contributed by atoms with van der Waals surface area (Å²) in [5.74, 6) is -1.20. The van der Waals surface area contributed by atoms with E-state index < -0.39 is 5.92 Å². The topological polar surface area (TPSA) is 52.6 Å². The van der Waals surface area contributed by atoms with Gasteiger partial charge in [-0.15, -0.1) is 0 Å². The number of carbonyl (C=O) groups excluding carboxylic acids is 2. The van der Waals surface area contributed by atoms with Crippen molar-refractivity contribution in [2.24, 2.45) is 5.92 Å². The number of rotatable bonds is 7. The van der Waals surface area contributed by atoms with Crippen molar-refractivity contribution in [3.63, 3.8) is 0 Å². The van der Waals surface area contributed by atoms with Gasteiger partial charge in [0.05, 0.1) is 25.6 Å². The van der Waals surface area contributed by atoms with Crippen LogP contribution in [0.3, 0.4) is 0 Å². The smallest absolute Gasteiger partial charge is 0.309 e. The molecule has 0 fully saturated rings. The van der Waals surface area contributed by atoms with Crippen LogP contribution in [0.2, 0.25) is 0 Å². The number of carbonyl (C=O) groups is 2. The van der Waals surface area contributed by atoms with E-state index in [0.717, 1.165) is 5.56 Å². The zero-order chi connectivity index (χ0) is 14.1. The molecule has 0 aliphatic rings. The second-order valence-corrected chi connectivity index (χ2v) is 4.15. The van der Waals surface area contributed by atoms with Crippen molar-refractivity contribution in [2.75, 3.05) is 13.2 Å². The zero-order valence-corrected chi connectivity index (χ0v) is 11.4. The quantitative estimate of drug-likeness (QED) is 0.709. The highest BCUT2D eigenvalue weighted by molar-refractivity contribution is 5.80. The molecule has 0 spiro atoms. The van der Waals surface area contributed by atoms with Crippen molar-refractivity contribution in [1.29, 1.82) is 0 Å².